The topological polar surface area (TPSA) is 42.1 Å². The molecule has 19 heavy (non-hydrogen) atoms. The lowest BCUT2D eigenvalue weighted by Gasteiger charge is -2.29. The first kappa shape index (κ1) is 12.4. The van der Waals surface area contributed by atoms with Crippen LogP contribution in [0.4, 0.5) is 5.69 Å². The Balaban J connectivity index is 2.13. The molecule has 0 bridgehead atoms. The number of rotatable bonds is 3. The maximum Gasteiger partial charge on any atom is 0.0723 e. The molecule has 0 aliphatic heterocycles. The summed E-state index contributed by atoms with van der Waals surface area (Å²) in [5, 5.41) is 1.22. The van der Waals surface area contributed by atoms with Crippen molar-refractivity contribution in [2.24, 2.45) is 5.73 Å². The quantitative estimate of drug-likeness (QED) is 0.916. The van der Waals surface area contributed by atoms with Crippen molar-refractivity contribution < 1.29 is 0 Å². The second-order valence-electron chi connectivity index (χ2n) is 5.40. The maximum absolute atomic E-state index is 5.91. The van der Waals surface area contributed by atoms with Gasteiger partial charge in [0.1, 0.15) is 0 Å². The fourth-order valence-corrected chi connectivity index (χ4v) is 3.21. The number of anilines is 1. The van der Waals surface area contributed by atoms with Gasteiger partial charge in [0.2, 0.25) is 0 Å². The van der Waals surface area contributed by atoms with Crippen LogP contribution in [0.25, 0.3) is 10.9 Å². The van der Waals surface area contributed by atoms with Crippen molar-refractivity contribution in [1.82, 2.24) is 4.98 Å². The van der Waals surface area contributed by atoms with E-state index in [9.17, 15) is 0 Å². The van der Waals surface area contributed by atoms with Crippen molar-refractivity contribution in [2.75, 3.05) is 11.9 Å². The Morgan fingerprint density at radius 3 is 2.74 bits per heavy atom. The number of hydrogen-bond donors (Lipinski definition) is 1. The molecule has 1 aromatic heterocycles. The maximum atomic E-state index is 5.91. The molecule has 0 atom stereocenters. The van der Waals surface area contributed by atoms with E-state index in [2.05, 4.69) is 35.1 Å². The molecule has 100 valence electrons. The van der Waals surface area contributed by atoms with Crippen LogP contribution < -0.4 is 10.6 Å². The van der Waals surface area contributed by atoms with Gasteiger partial charge in [-0.2, -0.15) is 0 Å². The summed E-state index contributed by atoms with van der Waals surface area (Å²) in [5.41, 5.74) is 9.39. The van der Waals surface area contributed by atoms with Gasteiger partial charge in [-0.1, -0.05) is 31.0 Å². The molecule has 0 radical (unpaired) electrons. The van der Waals surface area contributed by atoms with Gasteiger partial charge in [0.25, 0.3) is 0 Å². The Hall–Kier alpha value is -1.61. The highest BCUT2D eigenvalue weighted by molar-refractivity contribution is 5.93. The van der Waals surface area contributed by atoms with Gasteiger partial charge in [0.05, 0.1) is 11.2 Å². The van der Waals surface area contributed by atoms with Crippen LogP contribution in [0.5, 0.6) is 0 Å². The number of nitrogens with zero attached hydrogens (tertiary/aromatic N) is 2. The molecule has 2 aromatic rings. The summed E-state index contributed by atoms with van der Waals surface area (Å²) in [6.45, 7) is 0.546. The molecule has 1 aliphatic rings. The Morgan fingerprint density at radius 2 is 2.00 bits per heavy atom. The van der Waals surface area contributed by atoms with E-state index in [0.29, 0.717) is 12.6 Å². The van der Waals surface area contributed by atoms with E-state index in [-0.39, 0.29) is 0 Å². The molecule has 3 rings (SSSR count). The molecule has 0 amide bonds. The van der Waals surface area contributed by atoms with Gasteiger partial charge in [-0.3, -0.25) is 4.98 Å². The SMILES string of the molecule is CN(c1c(CN)cnc2ccccc12)C1CCCC1. The molecular formula is C16H21N3. The zero-order valence-electron chi connectivity index (χ0n) is 11.5. The van der Waals surface area contributed by atoms with Gasteiger partial charge in [-0.25, -0.2) is 0 Å². The van der Waals surface area contributed by atoms with Crippen molar-refractivity contribution in [3.63, 3.8) is 0 Å². The van der Waals surface area contributed by atoms with Crippen molar-refractivity contribution in [1.29, 1.82) is 0 Å². The highest BCUT2D eigenvalue weighted by Crippen LogP contribution is 2.33. The third-order valence-electron chi connectivity index (χ3n) is 4.27. The van der Waals surface area contributed by atoms with Crippen LogP contribution in [0.1, 0.15) is 31.2 Å². The summed E-state index contributed by atoms with van der Waals surface area (Å²) in [5.74, 6) is 0. The van der Waals surface area contributed by atoms with Crippen molar-refractivity contribution in [3.05, 3.63) is 36.0 Å². The number of hydrogen-bond acceptors (Lipinski definition) is 3. The number of fused-ring (bicyclic) bond motifs is 1. The molecule has 1 aliphatic carbocycles. The minimum absolute atomic E-state index is 0.546. The molecule has 0 saturated heterocycles. The van der Waals surface area contributed by atoms with E-state index in [1.807, 2.05) is 12.3 Å². The van der Waals surface area contributed by atoms with E-state index < -0.39 is 0 Å². The lowest BCUT2D eigenvalue weighted by molar-refractivity contribution is 0.652. The van der Waals surface area contributed by atoms with Gasteiger partial charge in [0, 0.05) is 36.8 Å². The largest absolute Gasteiger partial charge is 0.371 e. The van der Waals surface area contributed by atoms with Gasteiger partial charge in [-0.15, -0.1) is 0 Å². The molecule has 3 heteroatoms. The summed E-state index contributed by atoms with van der Waals surface area (Å²) in [7, 11) is 2.21. The van der Waals surface area contributed by atoms with Crippen molar-refractivity contribution in [2.45, 2.75) is 38.3 Å². The summed E-state index contributed by atoms with van der Waals surface area (Å²) >= 11 is 0. The van der Waals surface area contributed by atoms with Crippen molar-refractivity contribution >= 4 is 16.6 Å². The van der Waals surface area contributed by atoms with Crippen LogP contribution in [0.2, 0.25) is 0 Å². The highest BCUT2D eigenvalue weighted by atomic mass is 15.1. The van der Waals surface area contributed by atoms with E-state index in [0.717, 1.165) is 11.1 Å². The smallest absolute Gasteiger partial charge is 0.0723 e. The van der Waals surface area contributed by atoms with E-state index in [4.69, 9.17) is 5.73 Å². The Morgan fingerprint density at radius 1 is 1.26 bits per heavy atom. The fourth-order valence-electron chi connectivity index (χ4n) is 3.21. The molecule has 0 spiro atoms. The predicted octanol–water partition coefficient (Wildman–Crippen LogP) is 3.07. The van der Waals surface area contributed by atoms with Crippen LogP contribution in [0.15, 0.2) is 30.5 Å². The monoisotopic (exact) mass is 255 g/mol. The molecule has 1 heterocycles. The van der Waals surface area contributed by atoms with Gasteiger partial charge in [0.15, 0.2) is 0 Å². The van der Waals surface area contributed by atoms with E-state index in [1.165, 1.54) is 36.8 Å². The summed E-state index contributed by atoms with van der Waals surface area (Å²) in [6, 6.07) is 8.99. The predicted molar refractivity (Wildman–Crippen MR) is 80.3 cm³/mol. The number of benzene rings is 1. The van der Waals surface area contributed by atoms with Crippen LogP contribution in [-0.2, 0) is 6.54 Å². The first-order valence-electron chi connectivity index (χ1n) is 7.11. The van der Waals surface area contributed by atoms with Gasteiger partial charge in [-0.05, 0) is 18.9 Å². The number of nitrogens with two attached hydrogens (primary N) is 1. The lowest BCUT2D eigenvalue weighted by Crippen LogP contribution is -2.30. The van der Waals surface area contributed by atoms with Crippen LogP contribution in [0, 0.1) is 0 Å². The molecule has 0 unspecified atom stereocenters. The second-order valence-corrected chi connectivity index (χ2v) is 5.40. The summed E-state index contributed by atoms with van der Waals surface area (Å²) < 4.78 is 0. The molecule has 1 aromatic carbocycles. The van der Waals surface area contributed by atoms with Crippen molar-refractivity contribution in [3.8, 4) is 0 Å². The first-order chi connectivity index (χ1) is 9.31. The van der Waals surface area contributed by atoms with Gasteiger partial charge >= 0.3 is 0 Å². The zero-order valence-corrected chi connectivity index (χ0v) is 11.5. The molecule has 2 N–H and O–H groups in total. The van der Waals surface area contributed by atoms with Crippen LogP contribution in [-0.4, -0.2) is 18.1 Å². The summed E-state index contributed by atoms with van der Waals surface area (Å²) in [6.07, 6.45) is 7.20. The fraction of sp³-hybridized carbons (Fsp3) is 0.438. The average molecular weight is 255 g/mol. The van der Waals surface area contributed by atoms with Gasteiger partial charge < -0.3 is 10.6 Å². The number of pyridine rings is 1. The Kier molecular flexibility index (Phi) is 3.38. The third-order valence-corrected chi connectivity index (χ3v) is 4.27. The molecule has 1 fully saturated rings. The normalized spacial score (nSPS) is 16.1. The summed E-state index contributed by atoms with van der Waals surface area (Å²) in [4.78, 5) is 6.94. The standard InChI is InChI=1S/C16H21N3/c1-19(13-6-2-3-7-13)16-12(10-17)11-18-15-9-5-4-8-14(15)16/h4-5,8-9,11,13H,2-3,6-7,10,17H2,1H3. The average Bonchev–Trinajstić information content (AvgIpc) is 2.99. The number of para-hydroxylation sites is 1. The molecular weight excluding hydrogens is 234 g/mol. The minimum Gasteiger partial charge on any atom is -0.371 e. The van der Waals surface area contributed by atoms with Crippen LogP contribution >= 0.6 is 0 Å². The van der Waals surface area contributed by atoms with E-state index in [1.54, 1.807) is 0 Å². The minimum atomic E-state index is 0.546. The second kappa shape index (κ2) is 5.17. The molecule has 3 nitrogen and oxygen atoms in total. The Labute approximate surface area is 114 Å². The number of aromatic nitrogens is 1. The van der Waals surface area contributed by atoms with E-state index >= 15 is 0 Å². The molecule has 1 saturated carbocycles. The third kappa shape index (κ3) is 2.19. The zero-order chi connectivity index (χ0) is 13.2. The highest BCUT2D eigenvalue weighted by Gasteiger charge is 2.22. The first-order valence-corrected chi connectivity index (χ1v) is 7.11. The Bertz CT molecular complexity index is 573. The van der Waals surface area contributed by atoms with Crippen LogP contribution in [0.3, 0.4) is 0 Å². The lowest BCUT2D eigenvalue weighted by atomic mass is 10.1.